The Kier molecular flexibility index (Phi) is 5.33. The zero-order valence-electron chi connectivity index (χ0n) is 12.7. The monoisotopic (exact) mass is 341 g/mol. The van der Waals surface area contributed by atoms with Crippen LogP contribution in [0.1, 0.15) is 5.56 Å². The smallest absolute Gasteiger partial charge is 0.278 e. The van der Waals surface area contributed by atoms with Gasteiger partial charge in [0.1, 0.15) is 10.5 Å². The maximum atomic E-state index is 6.38. The molecule has 0 bridgehead atoms. The molecule has 0 atom stereocenters. The summed E-state index contributed by atoms with van der Waals surface area (Å²) >= 11 is 11.6. The highest BCUT2D eigenvalue weighted by Gasteiger charge is 2.17. The fourth-order valence-electron chi connectivity index (χ4n) is 1.96. The predicted octanol–water partition coefficient (Wildman–Crippen LogP) is 2.99. The second-order valence-corrected chi connectivity index (χ2v) is 5.34. The molecule has 6 nitrogen and oxygen atoms in total. The van der Waals surface area contributed by atoms with E-state index < -0.39 is 0 Å². The van der Waals surface area contributed by atoms with Crippen molar-refractivity contribution in [2.75, 3.05) is 33.3 Å². The molecule has 0 fully saturated rings. The van der Waals surface area contributed by atoms with Crippen LogP contribution >= 0.6 is 23.8 Å². The molecular weight excluding hydrogens is 326 g/mol. The summed E-state index contributed by atoms with van der Waals surface area (Å²) in [6.07, 6.45) is 0. The number of thiocarbonyl (C=S) groups is 1. The fraction of sp³-hybridized carbons (Fsp3) is 0.357. The van der Waals surface area contributed by atoms with Gasteiger partial charge in [-0.15, -0.1) is 0 Å². The highest BCUT2D eigenvalue weighted by atomic mass is 35.5. The van der Waals surface area contributed by atoms with Gasteiger partial charge in [0, 0.05) is 7.11 Å². The van der Waals surface area contributed by atoms with Crippen LogP contribution in [-0.4, -0.2) is 42.9 Å². The Bertz CT molecular complexity index is 724. The molecule has 8 heteroatoms. The van der Waals surface area contributed by atoms with Crippen LogP contribution in [0, 0.1) is 6.92 Å². The fourth-order valence-corrected chi connectivity index (χ4v) is 2.37. The van der Waals surface area contributed by atoms with E-state index in [1.54, 1.807) is 7.11 Å². The van der Waals surface area contributed by atoms with E-state index in [2.05, 4.69) is 15.3 Å². The maximum Gasteiger partial charge on any atom is 0.278 e. The molecule has 2 aromatic rings. The Morgan fingerprint density at radius 1 is 1.23 bits per heavy atom. The SMILES string of the molecule is COCC(=S)Nc1c(Cl)c(C)cc2nc(OC)c(OC)nc12. The first-order valence-electron chi connectivity index (χ1n) is 6.39. The first-order chi connectivity index (χ1) is 10.5. The van der Waals surface area contributed by atoms with E-state index in [0.29, 0.717) is 32.6 Å². The lowest BCUT2D eigenvalue weighted by Crippen LogP contribution is -2.16. The van der Waals surface area contributed by atoms with Crippen LogP contribution < -0.4 is 14.8 Å². The summed E-state index contributed by atoms with van der Waals surface area (Å²) in [5.74, 6) is 0.581. The van der Waals surface area contributed by atoms with Crippen LogP contribution in [0.5, 0.6) is 11.8 Å². The number of anilines is 1. The number of nitrogens with zero attached hydrogens (tertiary/aromatic N) is 2. The van der Waals surface area contributed by atoms with Crippen molar-refractivity contribution in [3.8, 4) is 11.8 Å². The van der Waals surface area contributed by atoms with Crippen molar-refractivity contribution in [1.29, 1.82) is 0 Å². The topological polar surface area (TPSA) is 65.5 Å². The standard InChI is InChI=1S/C14H16ClN3O3S/c1-7-5-8-11(18-14(21-4)13(16-8)20-3)12(10(7)15)17-9(22)6-19-2/h5H,6H2,1-4H3,(H,17,22). The minimum absolute atomic E-state index is 0.274. The van der Waals surface area contributed by atoms with Crippen LogP contribution in [0.15, 0.2) is 6.07 Å². The Morgan fingerprint density at radius 3 is 2.45 bits per heavy atom. The van der Waals surface area contributed by atoms with Crippen molar-refractivity contribution in [1.82, 2.24) is 9.97 Å². The number of fused-ring (bicyclic) bond motifs is 1. The minimum atomic E-state index is 0.274. The van der Waals surface area contributed by atoms with E-state index in [4.69, 9.17) is 38.0 Å². The van der Waals surface area contributed by atoms with Crippen molar-refractivity contribution in [3.63, 3.8) is 0 Å². The zero-order valence-corrected chi connectivity index (χ0v) is 14.3. The van der Waals surface area contributed by atoms with Crippen molar-refractivity contribution in [3.05, 3.63) is 16.7 Å². The summed E-state index contributed by atoms with van der Waals surface area (Å²) in [6, 6.07) is 1.83. The summed E-state index contributed by atoms with van der Waals surface area (Å²) in [7, 11) is 4.57. The summed E-state index contributed by atoms with van der Waals surface area (Å²) in [4.78, 5) is 9.31. The van der Waals surface area contributed by atoms with Crippen LogP contribution in [0.25, 0.3) is 11.0 Å². The van der Waals surface area contributed by atoms with Gasteiger partial charge in [0.25, 0.3) is 11.8 Å². The summed E-state index contributed by atoms with van der Waals surface area (Å²) in [6.45, 7) is 2.16. The number of methoxy groups -OCH3 is 3. The zero-order chi connectivity index (χ0) is 16.3. The number of ether oxygens (including phenoxy) is 3. The number of aryl methyl sites for hydroxylation is 1. The van der Waals surface area contributed by atoms with E-state index in [9.17, 15) is 0 Å². The first-order valence-corrected chi connectivity index (χ1v) is 7.18. The second kappa shape index (κ2) is 7.04. The van der Waals surface area contributed by atoms with Crippen molar-refractivity contribution in [2.45, 2.75) is 6.92 Å². The molecule has 0 unspecified atom stereocenters. The van der Waals surface area contributed by atoms with Gasteiger partial charge in [0.15, 0.2) is 0 Å². The third-order valence-corrected chi connectivity index (χ3v) is 3.65. The van der Waals surface area contributed by atoms with Crippen molar-refractivity contribution >= 4 is 45.5 Å². The molecule has 0 saturated heterocycles. The molecule has 1 heterocycles. The molecular formula is C14H16ClN3O3S. The number of halogens is 1. The third-order valence-electron chi connectivity index (χ3n) is 2.94. The maximum absolute atomic E-state index is 6.38. The number of benzene rings is 1. The molecule has 22 heavy (non-hydrogen) atoms. The van der Waals surface area contributed by atoms with Crippen LogP contribution in [0.4, 0.5) is 5.69 Å². The third kappa shape index (κ3) is 3.21. The lowest BCUT2D eigenvalue weighted by atomic mass is 10.1. The number of rotatable bonds is 5. The van der Waals surface area contributed by atoms with Gasteiger partial charge < -0.3 is 19.5 Å². The van der Waals surface area contributed by atoms with Gasteiger partial charge in [-0.3, -0.25) is 0 Å². The van der Waals surface area contributed by atoms with Crippen LogP contribution in [0.3, 0.4) is 0 Å². The normalized spacial score (nSPS) is 10.6. The van der Waals surface area contributed by atoms with Gasteiger partial charge in [-0.25, -0.2) is 9.97 Å². The average molecular weight is 342 g/mol. The van der Waals surface area contributed by atoms with E-state index in [-0.39, 0.29) is 12.5 Å². The first kappa shape index (κ1) is 16.7. The van der Waals surface area contributed by atoms with Crippen molar-refractivity contribution < 1.29 is 14.2 Å². The molecule has 0 aliphatic heterocycles. The predicted molar refractivity (Wildman–Crippen MR) is 90.5 cm³/mol. The molecule has 2 rings (SSSR count). The molecule has 0 spiro atoms. The molecule has 1 aromatic heterocycles. The van der Waals surface area contributed by atoms with Gasteiger partial charge in [-0.1, -0.05) is 23.8 Å². The summed E-state index contributed by atoms with van der Waals surface area (Å²) < 4.78 is 15.4. The van der Waals surface area contributed by atoms with Gasteiger partial charge in [-0.2, -0.15) is 0 Å². The average Bonchev–Trinajstić information content (AvgIpc) is 2.50. The van der Waals surface area contributed by atoms with E-state index in [0.717, 1.165) is 5.56 Å². The highest BCUT2D eigenvalue weighted by Crippen LogP contribution is 2.35. The molecule has 118 valence electrons. The van der Waals surface area contributed by atoms with Gasteiger partial charge in [0.05, 0.1) is 37.1 Å². The molecule has 0 aliphatic rings. The largest absolute Gasteiger partial charge is 0.477 e. The molecule has 0 amide bonds. The lowest BCUT2D eigenvalue weighted by molar-refractivity contribution is 0.247. The van der Waals surface area contributed by atoms with Crippen molar-refractivity contribution in [2.24, 2.45) is 0 Å². The second-order valence-electron chi connectivity index (χ2n) is 4.47. The van der Waals surface area contributed by atoms with E-state index in [1.807, 2.05) is 13.0 Å². The van der Waals surface area contributed by atoms with E-state index in [1.165, 1.54) is 14.2 Å². The Morgan fingerprint density at radius 2 is 1.86 bits per heavy atom. The Balaban J connectivity index is 2.66. The molecule has 0 aliphatic carbocycles. The number of nitrogens with one attached hydrogen (secondary N) is 1. The number of hydrogen-bond acceptors (Lipinski definition) is 6. The molecule has 1 aromatic carbocycles. The van der Waals surface area contributed by atoms with Gasteiger partial charge in [-0.05, 0) is 18.6 Å². The van der Waals surface area contributed by atoms with Gasteiger partial charge >= 0.3 is 0 Å². The Labute approximate surface area is 138 Å². The summed E-state index contributed by atoms with van der Waals surface area (Å²) in [5, 5.41) is 3.58. The van der Waals surface area contributed by atoms with E-state index >= 15 is 0 Å². The molecule has 1 N–H and O–H groups in total. The van der Waals surface area contributed by atoms with Gasteiger partial charge in [0.2, 0.25) is 0 Å². The molecule has 0 saturated carbocycles. The molecule has 0 radical (unpaired) electrons. The summed E-state index contributed by atoms with van der Waals surface area (Å²) in [5.41, 5.74) is 2.60. The minimum Gasteiger partial charge on any atom is -0.477 e. The van der Waals surface area contributed by atoms with Crippen LogP contribution in [-0.2, 0) is 4.74 Å². The highest BCUT2D eigenvalue weighted by molar-refractivity contribution is 7.80. The number of aromatic nitrogens is 2. The van der Waals surface area contributed by atoms with Crippen LogP contribution in [0.2, 0.25) is 5.02 Å². The number of hydrogen-bond donors (Lipinski definition) is 1. The Hall–Kier alpha value is -1.70. The quantitative estimate of drug-likeness (QED) is 0.838. The lowest BCUT2D eigenvalue weighted by Gasteiger charge is -2.15.